The fourth-order valence-electron chi connectivity index (χ4n) is 2.18. The van der Waals surface area contributed by atoms with Gasteiger partial charge in [0, 0.05) is 12.8 Å². The van der Waals surface area contributed by atoms with E-state index in [4.69, 9.17) is 9.84 Å². The number of nitrogens with one attached hydrogen (secondary N) is 1. The summed E-state index contributed by atoms with van der Waals surface area (Å²) >= 11 is 0. The predicted octanol–water partition coefficient (Wildman–Crippen LogP) is 0.849. The molecule has 0 aromatic carbocycles. The van der Waals surface area contributed by atoms with E-state index in [1.165, 1.54) is 7.11 Å². The van der Waals surface area contributed by atoms with Gasteiger partial charge in [-0.25, -0.2) is 9.78 Å². The predicted molar refractivity (Wildman–Crippen MR) is 52.7 cm³/mol. The number of carboxylic acids is 1. The monoisotopic (exact) mass is 210 g/mol. The Hall–Kier alpha value is -1.36. The lowest BCUT2D eigenvalue weighted by Gasteiger charge is -2.20. The van der Waals surface area contributed by atoms with Crippen molar-refractivity contribution in [2.75, 3.05) is 7.11 Å². The lowest BCUT2D eigenvalue weighted by Crippen LogP contribution is -2.36. The molecule has 2 rings (SSSR count). The van der Waals surface area contributed by atoms with Crippen LogP contribution in [-0.4, -0.2) is 34.3 Å². The quantitative estimate of drug-likeness (QED) is 0.772. The zero-order valence-corrected chi connectivity index (χ0v) is 8.78. The van der Waals surface area contributed by atoms with E-state index in [9.17, 15) is 4.79 Å². The molecule has 5 heteroatoms. The van der Waals surface area contributed by atoms with Crippen LogP contribution in [0.15, 0.2) is 6.33 Å². The molecule has 1 fully saturated rings. The van der Waals surface area contributed by atoms with Gasteiger partial charge in [-0.05, 0) is 19.8 Å². The number of rotatable bonds is 4. The van der Waals surface area contributed by atoms with E-state index in [0.717, 1.165) is 24.2 Å². The third-order valence-electron chi connectivity index (χ3n) is 3.05. The van der Waals surface area contributed by atoms with Crippen LogP contribution in [0.25, 0.3) is 0 Å². The Bertz CT molecular complexity index is 382. The number of imidazole rings is 1. The largest absolute Gasteiger partial charge is 0.479 e. The maximum absolute atomic E-state index is 11.1. The molecule has 1 atom stereocenters. The van der Waals surface area contributed by atoms with Crippen LogP contribution in [0, 0.1) is 6.92 Å². The second-order valence-electron chi connectivity index (χ2n) is 3.99. The summed E-state index contributed by atoms with van der Waals surface area (Å²) in [6.07, 6.45) is 2.45. The van der Waals surface area contributed by atoms with Crippen LogP contribution in [0.4, 0.5) is 0 Å². The number of aromatic nitrogens is 2. The van der Waals surface area contributed by atoms with Crippen LogP contribution in [0.2, 0.25) is 0 Å². The molecule has 0 aliphatic heterocycles. The molecule has 0 radical (unpaired) electrons. The highest BCUT2D eigenvalue weighted by Crippen LogP contribution is 2.52. The van der Waals surface area contributed by atoms with Crippen molar-refractivity contribution in [3.05, 3.63) is 17.7 Å². The first-order chi connectivity index (χ1) is 7.12. The van der Waals surface area contributed by atoms with Gasteiger partial charge in [-0.1, -0.05) is 0 Å². The zero-order valence-electron chi connectivity index (χ0n) is 8.78. The smallest absolute Gasteiger partial charge is 0.333 e. The zero-order chi connectivity index (χ0) is 11.1. The lowest BCUT2D eigenvalue weighted by atomic mass is 9.93. The van der Waals surface area contributed by atoms with Gasteiger partial charge < -0.3 is 14.8 Å². The van der Waals surface area contributed by atoms with Crippen LogP contribution in [-0.2, 0) is 14.9 Å². The van der Waals surface area contributed by atoms with E-state index >= 15 is 0 Å². The summed E-state index contributed by atoms with van der Waals surface area (Å²) in [5.74, 6) is -0.919. The number of ether oxygens (including phenoxy) is 1. The lowest BCUT2D eigenvalue weighted by molar-refractivity contribution is -0.150. The molecular formula is C10H14N2O3. The molecule has 0 saturated heterocycles. The van der Waals surface area contributed by atoms with Crippen LogP contribution in [0.5, 0.6) is 0 Å². The van der Waals surface area contributed by atoms with Crippen molar-refractivity contribution in [3.63, 3.8) is 0 Å². The topological polar surface area (TPSA) is 75.2 Å². The van der Waals surface area contributed by atoms with Crippen molar-refractivity contribution in [1.82, 2.24) is 9.97 Å². The second-order valence-corrected chi connectivity index (χ2v) is 3.99. The molecule has 15 heavy (non-hydrogen) atoms. The minimum atomic E-state index is -0.919. The summed E-state index contributed by atoms with van der Waals surface area (Å²) in [5.41, 5.74) is 1.34. The van der Waals surface area contributed by atoms with Crippen molar-refractivity contribution in [2.24, 2.45) is 0 Å². The SMILES string of the molecule is COC(C(=O)O)C1(c2nc[nH]c2C)CC1. The van der Waals surface area contributed by atoms with Gasteiger partial charge in [-0.15, -0.1) is 0 Å². The second kappa shape index (κ2) is 3.34. The number of methoxy groups -OCH3 is 1. The Balaban J connectivity index is 2.35. The number of H-pyrrole nitrogens is 1. The maximum atomic E-state index is 11.1. The Morgan fingerprint density at radius 1 is 1.73 bits per heavy atom. The third kappa shape index (κ3) is 1.43. The van der Waals surface area contributed by atoms with Crippen molar-refractivity contribution >= 4 is 5.97 Å². The minimum absolute atomic E-state index is 0.412. The molecular weight excluding hydrogens is 196 g/mol. The van der Waals surface area contributed by atoms with Crippen LogP contribution in [0.3, 0.4) is 0 Å². The fourth-order valence-corrected chi connectivity index (χ4v) is 2.18. The van der Waals surface area contributed by atoms with Crippen molar-refractivity contribution in [1.29, 1.82) is 0 Å². The van der Waals surface area contributed by atoms with Crippen molar-refractivity contribution in [3.8, 4) is 0 Å². The summed E-state index contributed by atoms with van der Waals surface area (Å²) < 4.78 is 5.06. The van der Waals surface area contributed by atoms with Gasteiger partial charge in [0.2, 0.25) is 0 Å². The summed E-state index contributed by atoms with van der Waals surface area (Å²) in [5, 5.41) is 9.08. The molecule has 1 saturated carbocycles. The highest BCUT2D eigenvalue weighted by molar-refractivity contribution is 5.76. The van der Waals surface area contributed by atoms with Gasteiger partial charge in [0.05, 0.1) is 17.4 Å². The van der Waals surface area contributed by atoms with E-state index in [1.54, 1.807) is 6.33 Å². The van der Waals surface area contributed by atoms with Crippen LogP contribution < -0.4 is 0 Å². The first kappa shape index (κ1) is 10.2. The van der Waals surface area contributed by atoms with Gasteiger partial charge in [0.1, 0.15) is 0 Å². The first-order valence-corrected chi connectivity index (χ1v) is 4.88. The third-order valence-corrected chi connectivity index (χ3v) is 3.05. The standard InChI is InChI=1S/C10H14N2O3/c1-6-7(12-5-11-6)10(3-4-10)8(15-2)9(13)14/h5,8H,3-4H2,1-2H3,(H,11,12)(H,13,14). The van der Waals surface area contributed by atoms with Crippen LogP contribution >= 0.6 is 0 Å². The Morgan fingerprint density at radius 2 is 2.40 bits per heavy atom. The van der Waals surface area contributed by atoms with Crippen molar-refractivity contribution in [2.45, 2.75) is 31.3 Å². The molecule has 5 nitrogen and oxygen atoms in total. The number of hydrogen-bond donors (Lipinski definition) is 2. The van der Waals surface area contributed by atoms with E-state index in [1.807, 2.05) is 6.92 Å². The number of aryl methyl sites for hydroxylation is 1. The Kier molecular flexibility index (Phi) is 2.26. The number of aromatic amines is 1. The molecule has 1 aliphatic rings. The average molecular weight is 210 g/mol. The highest BCUT2D eigenvalue weighted by atomic mass is 16.5. The van der Waals surface area contributed by atoms with Gasteiger partial charge in [0.15, 0.2) is 6.10 Å². The average Bonchev–Trinajstić information content (AvgIpc) is 2.83. The van der Waals surface area contributed by atoms with Crippen molar-refractivity contribution < 1.29 is 14.6 Å². The highest BCUT2D eigenvalue weighted by Gasteiger charge is 2.56. The summed E-state index contributed by atoms with van der Waals surface area (Å²) in [4.78, 5) is 18.2. The molecule has 0 amide bonds. The molecule has 0 spiro atoms. The summed E-state index contributed by atoms with van der Waals surface area (Å²) in [6, 6.07) is 0. The molecule has 2 N–H and O–H groups in total. The summed E-state index contributed by atoms with van der Waals surface area (Å²) in [7, 11) is 1.43. The van der Waals surface area contributed by atoms with Crippen LogP contribution in [0.1, 0.15) is 24.2 Å². The van der Waals surface area contributed by atoms with Gasteiger partial charge >= 0.3 is 5.97 Å². The van der Waals surface area contributed by atoms with E-state index in [0.29, 0.717) is 0 Å². The molecule has 82 valence electrons. The van der Waals surface area contributed by atoms with E-state index < -0.39 is 17.5 Å². The molecule has 0 bridgehead atoms. The number of carbonyl (C=O) groups is 1. The van der Waals surface area contributed by atoms with Gasteiger partial charge in [0.25, 0.3) is 0 Å². The molecule has 1 aromatic heterocycles. The molecule has 1 unspecified atom stereocenters. The minimum Gasteiger partial charge on any atom is -0.479 e. The van der Waals surface area contributed by atoms with Gasteiger partial charge in [-0.2, -0.15) is 0 Å². The van der Waals surface area contributed by atoms with Gasteiger partial charge in [-0.3, -0.25) is 0 Å². The Labute approximate surface area is 87.5 Å². The summed E-state index contributed by atoms with van der Waals surface area (Å²) in [6.45, 7) is 1.90. The number of hydrogen-bond acceptors (Lipinski definition) is 3. The Morgan fingerprint density at radius 3 is 2.73 bits per heavy atom. The normalized spacial score (nSPS) is 19.9. The number of nitrogens with zero attached hydrogens (tertiary/aromatic N) is 1. The molecule has 1 aliphatic carbocycles. The van der Waals surface area contributed by atoms with E-state index in [-0.39, 0.29) is 0 Å². The maximum Gasteiger partial charge on any atom is 0.333 e. The molecule has 1 heterocycles. The number of aliphatic carboxylic acids is 1. The fraction of sp³-hybridized carbons (Fsp3) is 0.600. The van der Waals surface area contributed by atoms with E-state index in [2.05, 4.69) is 9.97 Å². The molecule has 1 aromatic rings. The first-order valence-electron chi connectivity index (χ1n) is 4.88. The number of carboxylic acid groups (broad SMARTS) is 1.